The van der Waals surface area contributed by atoms with Gasteiger partial charge in [-0.15, -0.1) is 0 Å². The van der Waals surface area contributed by atoms with E-state index in [1.165, 1.54) is 18.4 Å². The van der Waals surface area contributed by atoms with E-state index in [2.05, 4.69) is 34.5 Å². The van der Waals surface area contributed by atoms with Gasteiger partial charge < -0.3 is 10.4 Å². The molecule has 2 fully saturated rings. The average Bonchev–Trinajstić information content (AvgIpc) is 2.86. The van der Waals surface area contributed by atoms with E-state index >= 15 is 0 Å². The Morgan fingerprint density at radius 1 is 1.28 bits per heavy atom. The van der Waals surface area contributed by atoms with Crippen LogP contribution >= 0.6 is 0 Å². The number of aliphatic hydroxyl groups excluding tert-OH is 1. The number of aliphatic hydroxyl groups is 1. The van der Waals surface area contributed by atoms with Gasteiger partial charge in [-0.3, -0.25) is 4.90 Å². The lowest BCUT2D eigenvalue weighted by atomic mass is 9.95. The molecule has 3 nitrogen and oxygen atoms in total. The van der Waals surface area contributed by atoms with Crippen molar-refractivity contribution < 1.29 is 5.11 Å². The molecule has 0 aliphatic carbocycles. The summed E-state index contributed by atoms with van der Waals surface area (Å²) in [6.07, 6.45) is 3.17. The van der Waals surface area contributed by atoms with E-state index in [9.17, 15) is 5.11 Å². The van der Waals surface area contributed by atoms with E-state index in [1.807, 2.05) is 6.07 Å². The zero-order valence-corrected chi connectivity index (χ0v) is 10.8. The molecule has 3 atom stereocenters. The predicted octanol–water partition coefficient (Wildman–Crippen LogP) is 1.37. The van der Waals surface area contributed by atoms with Gasteiger partial charge >= 0.3 is 0 Å². The Morgan fingerprint density at radius 3 is 2.94 bits per heavy atom. The molecule has 3 rings (SSSR count). The zero-order chi connectivity index (χ0) is 12.4. The number of nitrogens with zero attached hydrogens (tertiary/aromatic N) is 1. The van der Waals surface area contributed by atoms with Gasteiger partial charge in [0.1, 0.15) is 0 Å². The van der Waals surface area contributed by atoms with Gasteiger partial charge in [-0.1, -0.05) is 30.3 Å². The molecule has 1 aromatic rings. The third-order valence-electron chi connectivity index (χ3n) is 4.28. The molecule has 0 radical (unpaired) electrons. The minimum atomic E-state index is -0.144. The Hall–Kier alpha value is -0.900. The van der Waals surface area contributed by atoms with Crippen LogP contribution in [0.3, 0.4) is 0 Å². The van der Waals surface area contributed by atoms with Gasteiger partial charge in [-0.2, -0.15) is 0 Å². The first-order chi connectivity index (χ1) is 8.83. The molecule has 2 aliphatic rings. The Morgan fingerprint density at radius 2 is 2.11 bits per heavy atom. The first kappa shape index (κ1) is 12.2. The number of fused-ring (bicyclic) bond motifs is 1. The van der Waals surface area contributed by atoms with Crippen LogP contribution in [0, 0.1) is 0 Å². The van der Waals surface area contributed by atoms with E-state index < -0.39 is 0 Å². The second-order valence-electron chi connectivity index (χ2n) is 5.57. The summed E-state index contributed by atoms with van der Waals surface area (Å²) in [4.78, 5) is 2.46. The molecule has 0 saturated carbocycles. The second-order valence-corrected chi connectivity index (χ2v) is 5.57. The maximum Gasteiger partial charge on any atom is 0.0710 e. The lowest BCUT2D eigenvalue weighted by molar-refractivity contribution is 0.0177. The molecule has 3 unspecified atom stereocenters. The summed E-state index contributed by atoms with van der Waals surface area (Å²) in [6.45, 7) is 3.15. The molecule has 2 saturated heterocycles. The lowest BCUT2D eigenvalue weighted by Gasteiger charge is -2.39. The quantitative estimate of drug-likeness (QED) is 0.845. The van der Waals surface area contributed by atoms with Crippen LogP contribution in [0.25, 0.3) is 0 Å². The molecule has 2 N–H and O–H groups in total. The average molecular weight is 246 g/mol. The van der Waals surface area contributed by atoms with Gasteiger partial charge in [0.25, 0.3) is 0 Å². The summed E-state index contributed by atoms with van der Waals surface area (Å²) in [5.74, 6) is 0. The molecule has 2 heterocycles. The van der Waals surface area contributed by atoms with Crippen molar-refractivity contribution in [3.8, 4) is 0 Å². The standard InChI is InChI=1S/C15H22N2O/c18-15-9-13(11-17-8-4-7-14(15)17)16-10-12-5-2-1-3-6-12/h1-3,5-6,13-16,18H,4,7-11H2. The Balaban J connectivity index is 1.54. The number of benzene rings is 1. The molecular weight excluding hydrogens is 224 g/mol. The van der Waals surface area contributed by atoms with Crippen LogP contribution in [0.2, 0.25) is 0 Å². The highest BCUT2D eigenvalue weighted by molar-refractivity contribution is 5.14. The van der Waals surface area contributed by atoms with Crippen molar-refractivity contribution in [1.82, 2.24) is 10.2 Å². The van der Waals surface area contributed by atoms with Gasteiger partial charge in [-0.25, -0.2) is 0 Å². The summed E-state index contributed by atoms with van der Waals surface area (Å²) >= 11 is 0. The highest BCUT2D eigenvalue weighted by atomic mass is 16.3. The molecule has 18 heavy (non-hydrogen) atoms. The number of hydrogen-bond acceptors (Lipinski definition) is 3. The number of rotatable bonds is 3. The number of piperidine rings is 1. The molecule has 98 valence electrons. The van der Waals surface area contributed by atoms with Crippen molar-refractivity contribution in [2.45, 2.75) is 44.0 Å². The van der Waals surface area contributed by atoms with Crippen LogP contribution < -0.4 is 5.32 Å². The summed E-state index contributed by atoms with van der Waals surface area (Å²) in [6, 6.07) is 11.3. The van der Waals surface area contributed by atoms with Gasteiger partial charge in [0.05, 0.1) is 6.10 Å². The predicted molar refractivity (Wildman–Crippen MR) is 72.3 cm³/mol. The topological polar surface area (TPSA) is 35.5 Å². The SMILES string of the molecule is OC1CC(NCc2ccccc2)CN2CCCC12. The van der Waals surface area contributed by atoms with E-state index in [-0.39, 0.29) is 6.10 Å². The molecule has 3 heteroatoms. The van der Waals surface area contributed by atoms with Crippen LogP contribution in [0.5, 0.6) is 0 Å². The van der Waals surface area contributed by atoms with E-state index in [0.29, 0.717) is 12.1 Å². The second kappa shape index (κ2) is 5.39. The Bertz CT molecular complexity index is 381. The normalized spacial score (nSPS) is 32.4. The Labute approximate surface area is 109 Å². The zero-order valence-electron chi connectivity index (χ0n) is 10.8. The Kier molecular flexibility index (Phi) is 3.64. The van der Waals surface area contributed by atoms with Gasteiger partial charge in [0.15, 0.2) is 0 Å². The van der Waals surface area contributed by atoms with Gasteiger partial charge in [-0.05, 0) is 31.4 Å². The van der Waals surface area contributed by atoms with Crippen molar-refractivity contribution in [1.29, 1.82) is 0 Å². The first-order valence-corrected chi connectivity index (χ1v) is 7.02. The van der Waals surface area contributed by atoms with Crippen LogP contribution in [0.1, 0.15) is 24.8 Å². The highest BCUT2D eigenvalue weighted by Crippen LogP contribution is 2.27. The van der Waals surface area contributed by atoms with E-state index in [1.54, 1.807) is 0 Å². The molecule has 1 aromatic carbocycles. The summed E-state index contributed by atoms with van der Waals surface area (Å²) in [7, 11) is 0. The molecule has 0 spiro atoms. The van der Waals surface area contributed by atoms with Crippen molar-refractivity contribution in [3.63, 3.8) is 0 Å². The molecular formula is C15H22N2O. The highest BCUT2D eigenvalue weighted by Gasteiger charge is 2.37. The van der Waals surface area contributed by atoms with E-state index in [0.717, 1.165) is 26.1 Å². The lowest BCUT2D eigenvalue weighted by Crippen LogP contribution is -2.54. The third kappa shape index (κ3) is 2.58. The number of nitrogens with one attached hydrogen (secondary N) is 1. The summed E-state index contributed by atoms with van der Waals surface area (Å²) < 4.78 is 0. The third-order valence-corrected chi connectivity index (χ3v) is 4.28. The fraction of sp³-hybridized carbons (Fsp3) is 0.600. The van der Waals surface area contributed by atoms with Crippen molar-refractivity contribution in [3.05, 3.63) is 35.9 Å². The fourth-order valence-electron chi connectivity index (χ4n) is 3.33. The maximum absolute atomic E-state index is 10.2. The maximum atomic E-state index is 10.2. The smallest absolute Gasteiger partial charge is 0.0710 e. The fourth-order valence-corrected chi connectivity index (χ4v) is 3.33. The molecule has 2 aliphatic heterocycles. The molecule has 0 aromatic heterocycles. The number of hydrogen-bond donors (Lipinski definition) is 2. The molecule has 0 amide bonds. The van der Waals surface area contributed by atoms with Crippen LogP contribution in [0.15, 0.2) is 30.3 Å². The van der Waals surface area contributed by atoms with E-state index in [4.69, 9.17) is 0 Å². The summed E-state index contributed by atoms with van der Waals surface area (Å²) in [5, 5.41) is 13.7. The van der Waals surface area contributed by atoms with Crippen molar-refractivity contribution >= 4 is 0 Å². The van der Waals surface area contributed by atoms with Crippen LogP contribution in [-0.4, -0.2) is 41.3 Å². The minimum absolute atomic E-state index is 0.144. The molecule has 0 bridgehead atoms. The van der Waals surface area contributed by atoms with Crippen molar-refractivity contribution in [2.75, 3.05) is 13.1 Å². The monoisotopic (exact) mass is 246 g/mol. The first-order valence-electron chi connectivity index (χ1n) is 7.02. The largest absolute Gasteiger partial charge is 0.391 e. The minimum Gasteiger partial charge on any atom is -0.391 e. The van der Waals surface area contributed by atoms with Gasteiger partial charge in [0, 0.05) is 25.2 Å². The summed E-state index contributed by atoms with van der Waals surface area (Å²) in [5.41, 5.74) is 1.32. The van der Waals surface area contributed by atoms with Crippen LogP contribution in [-0.2, 0) is 6.54 Å². The van der Waals surface area contributed by atoms with Crippen molar-refractivity contribution in [2.24, 2.45) is 0 Å². The van der Waals surface area contributed by atoms with Crippen LogP contribution in [0.4, 0.5) is 0 Å². The van der Waals surface area contributed by atoms with Gasteiger partial charge in [0.2, 0.25) is 0 Å².